The van der Waals surface area contributed by atoms with Gasteiger partial charge in [0, 0.05) is 13.5 Å². The minimum atomic E-state index is -0.833. The molecule has 0 spiro atoms. The maximum atomic E-state index is 9.00. The number of thiol groups is 1. The highest BCUT2D eigenvalue weighted by molar-refractivity contribution is 7.80. The Hall–Kier alpha value is -0.260. The summed E-state index contributed by atoms with van der Waals surface area (Å²) < 4.78 is 4.92. The zero-order valence-corrected chi connectivity index (χ0v) is 8.09. The number of aliphatic hydroxyl groups is 1. The molecule has 0 aliphatic carbocycles. The summed E-state index contributed by atoms with van der Waals surface area (Å²) in [6.45, 7) is 2.37. The molecular weight excluding hydrogens is 180 g/mol. The first kappa shape index (κ1) is 14.3. The Bertz CT molecular complexity index is 87.4. The summed E-state index contributed by atoms with van der Waals surface area (Å²) >= 11 is 3.98. The van der Waals surface area contributed by atoms with Gasteiger partial charge in [-0.1, -0.05) is 0 Å². The van der Waals surface area contributed by atoms with Crippen molar-refractivity contribution in [2.24, 2.45) is 0 Å². The smallest absolute Gasteiger partial charge is 0.300 e. The van der Waals surface area contributed by atoms with Crippen LogP contribution in [0.5, 0.6) is 0 Å². The van der Waals surface area contributed by atoms with Crippen molar-refractivity contribution in [3.63, 3.8) is 0 Å². The largest absolute Gasteiger partial charge is 0.481 e. The molecule has 0 aliphatic rings. The predicted octanol–water partition coefficient (Wildman–Crippen LogP) is 0.406. The molecule has 2 N–H and O–H groups in total. The van der Waals surface area contributed by atoms with Crippen LogP contribution >= 0.6 is 12.6 Å². The Balaban J connectivity index is 0. The van der Waals surface area contributed by atoms with Crippen molar-refractivity contribution in [3.05, 3.63) is 0 Å². The van der Waals surface area contributed by atoms with Gasteiger partial charge in [-0.15, -0.1) is 0 Å². The molecule has 4 nitrogen and oxygen atoms in total. The van der Waals surface area contributed by atoms with Gasteiger partial charge in [0.1, 0.15) is 0 Å². The number of carboxylic acids is 1. The standard InChI is InChI=1S/C5H12O2S.C2H4O2/c6-2-4-7-3-1-5-8;1-2(3)4/h6,8H,1-5H2;1H3,(H,3,4). The van der Waals surface area contributed by atoms with E-state index < -0.39 is 5.97 Å². The first-order valence-electron chi connectivity index (χ1n) is 3.64. The third-order valence-electron chi connectivity index (χ3n) is 0.682. The molecule has 0 unspecified atom stereocenters. The van der Waals surface area contributed by atoms with Gasteiger partial charge in [-0.2, -0.15) is 12.6 Å². The number of hydrogen-bond donors (Lipinski definition) is 3. The molecule has 0 aromatic rings. The van der Waals surface area contributed by atoms with Gasteiger partial charge in [0.15, 0.2) is 0 Å². The molecule has 12 heavy (non-hydrogen) atoms. The molecule has 0 radical (unpaired) electrons. The lowest BCUT2D eigenvalue weighted by atomic mass is 10.5. The average Bonchev–Trinajstić information content (AvgIpc) is 1.97. The van der Waals surface area contributed by atoms with Gasteiger partial charge in [0.2, 0.25) is 0 Å². The Kier molecular flexibility index (Phi) is 15.9. The van der Waals surface area contributed by atoms with Gasteiger partial charge >= 0.3 is 0 Å². The van der Waals surface area contributed by atoms with Gasteiger partial charge < -0.3 is 14.9 Å². The van der Waals surface area contributed by atoms with Crippen LogP contribution in [0.2, 0.25) is 0 Å². The van der Waals surface area contributed by atoms with Crippen LogP contribution in [-0.4, -0.2) is 41.8 Å². The van der Waals surface area contributed by atoms with Crippen LogP contribution in [0.3, 0.4) is 0 Å². The van der Waals surface area contributed by atoms with Crippen molar-refractivity contribution in [1.82, 2.24) is 0 Å². The maximum absolute atomic E-state index is 9.00. The number of aliphatic hydroxyl groups excluding tert-OH is 1. The minimum absolute atomic E-state index is 0.118. The second-order valence-corrected chi connectivity index (χ2v) is 2.38. The lowest BCUT2D eigenvalue weighted by Crippen LogP contribution is -2.00. The van der Waals surface area contributed by atoms with Crippen LogP contribution in [0.1, 0.15) is 13.3 Å². The van der Waals surface area contributed by atoms with Crippen LogP contribution in [0.25, 0.3) is 0 Å². The molecular formula is C7H16O4S. The van der Waals surface area contributed by atoms with Crippen LogP contribution in [0.4, 0.5) is 0 Å². The molecule has 0 atom stereocenters. The highest BCUT2D eigenvalue weighted by atomic mass is 32.1. The Morgan fingerprint density at radius 2 is 2.00 bits per heavy atom. The number of rotatable bonds is 5. The summed E-state index contributed by atoms with van der Waals surface area (Å²) in [5.74, 6) is 0.0193. The van der Waals surface area contributed by atoms with Gasteiger partial charge in [0.05, 0.1) is 13.2 Å². The minimum Gasteiger partial charge on any atom is -0.481 e. The number of carbonyl (C=O) groups is 1. The molecule has 0 bridgehead atoms. The fourth-order valence-electron chi connectivity index (χ4n) is 0.333. The molecule has 0 aromatic carbocycles. The van der Waals surface area contributed by atoms with Crippen molar-refractivity contribution >= 4 is 18.6 Å². The molecule has 0 saturated carbocycles. The third-order valence-corrected chi connectivity index (χ3v) is 0.999. The molecule has 0 rings (SSSR count). The molecule has 0 aliphatic heterocycles. The van der Waals surface area contributed by atoms with E-state index in [0.29, 0.717) is 13.2 Å². The number of ether oxygens (including phenoxy) is 1. The first-order valence-corrected chi connectivity index (χ1v) is 4.27. The summed E-state index contributed by atoms with van der Waals surface area (Å²) in [5.41, 5.74) is 0. The van der Waals surface area contributed by atoms with E-state index in [9.17, 15) is 0 Å². The van der Waals surface area contributed by atoms with Gasteiger partial charge in [-0.25, -0.2) is 0 Å². The Labute approximate surface area is 78.0 Å². The second-order valence-electron chi connectivity index (χ2n) is 1.93. The molecule has 74 valence electrons. The Morgan fingerprint density at radius 3 is 2.33 bits per heavy atom. The lowest BCUT2D eigenvalue weighted by Gasteiger charge is -1.97. The number of carboxylic acid groups (broad SMARTS) is 1. The van der Waals surface area contributed by atoms with Crippen LogP contribution in [0.15, 0.2) is 0 Å². The molecule has 0 heterocycles. The average molecular weight is 196 g/mol. The van der Waals surface area contributed by atoms with Gasteiger partial charge in [-0.05, 0) is 12.2 Å². The zero-order chi connectivity index (χ0) is 9.82. The van der Waals surface area contributed by atoms with Crippen molar-refractivity contribution in [3.8, 4) is 0 Å². The maximum Gasteiger partial charge on any atom is 0.300 e. The zero-order valence-electron chi connectivity index (χ0n) is 7.19. The summed E-state index contributed by atoms with van der Waals surface area (Å²) in [4.78, 5) is 9.00. The van der Waals surface area contributed by atoms with Gasteiger partial charge in [0.25, 0.3) is 5.97 Å². The second kappa shape index (κ2) is 13.3. The normalized spacial score (nSPS) is 8.58. The summed E-state index contributed by atoms with van der Waals surface area (Å²) in [5, 5.41) is 15.6. The topological polar surface area (TPSA) is 66.8 Å². The molecule has 5 heteroatoms. The molecule has 0 fully saturated rings. The van der Waals surface area contributed by atoms with Crippen LogP contribution in [-0.2, 0) is 9.53 Å². The van der Waals surface area contributed by atoms with Gasteiger partial charge in [-0.3, -0.25) is 4.79 Å². The predicted molar refractivity (Wildman–Crippen MR) is 49.7 cm³/mol. The van der Waals surface area contributed by atoms with E-state index in [1.54, 1.807) is 0 Å². The monoisotopic (exact) mass is 196 g/mol. The fraction of sp³-hybridized carbons (Fsp3) is 0.857. The van der Waals surface area contributed by atoms with Crippen molar-refractivity contribution in [2.45, 2.75) is 13.3 Å². The van der Waals surface area contributed by atoms with E-state index in [1.165, 1.54) is 0 Å². The summed E-state index contributed by atoms with van der Waals surface area (Å²) in [7, 11) is 0. The van der Waals surface area contributed by atoms with Crippen molar-refractivity contribution in [2.75, 3.05) is 25.6 Å². The SMILES string of the molecule is CC(=O)O.OCCOCCCS. The van der Waals surface area contributed by atoms with Crippen LogP contribution in [0, 0.1) is 0 Å². The van der Waals surface area contributed by atoms with Crippen molar-refractivity contribution in [1.29, 1.82) is 0 Å². The van der Waals surface area contributed by atoms with Crippen LogP contribution < -0.4 is 0 Å². The highest BCUT2D eigenvalue weighted by Gasteiger charge is 1.82. The lowest BCUT2D eigenvalue weighted by molar-refractivity contribution is -0.134. The van der Waals surface area contributed by atoms with E-state index in [2.05, 4.69) is 12.6 Å². The quantitative estimate of drug-likeness (QED) is 0.440. The molecule has 0 amide bonds. The molecule has 0 aromatic heterocycles. The summed E-state index contributed by atoms with van der Waals surface area (Å²) in [6.07, 6.45) is 0.961. The first-order chi connectivity index (χ1) is 5.65. The Morgan fingerprint density at radius 1 is 1.50 bits per heavy atom. The third kappa shape index (κ3) is 33.1. The summed E-state index contributed by atoms with van der Waals surface area (Å²) in [6, 6.07) is 0. The van der Waals surface area contributed by atoms with E-state index in [-0.39, 0.29) is 6.61 Å². The fourth-order valence-corrected chi connectivity index (χ4v) is 0.462. The van der Waals surface area contributed by atoms with E-state index in [4.69, 9.17) is 19.7 Å². The number of hydrogen-bond acceptors (Lipinski definition) is 4. The van der Waals surface area contributed by atoms with E-state index in [1.807, 2.05) is 0 Å². The van der Waals surface area contributed by atoms with E-state index >= 15 is 0 Å². The highest BCUT2D eigenvalue weighted by Crippen LogP contribution is 1.83. The number of aliphatic carboxylic acids is 1. The van der Waals surface area contributed by atoms with E-state index in [0.717, 1.165) is 19.1 Å². The van der Waals surface area contributed by atoms with Crippen molar-refractivity contribution < 1.29 is 19.7 Å². The molecule has 0 saturated heterocycles.